The highest BCUT2D eigenvalue weighted by atomic mass is 16.6. The average Bonchev–Trinajstić information content (AvgIpc) is 2.78. The van der Waals surface area contributed by atoms with Crippen LogP contribution in [0.2, 0.25) is 0 Å². The molecule has 2 aliphatic rings. The fourth-order valence-electron chi connectivity index (χ4n) is 3.86. The van der Waals surface area contributed by atoms with E-state index in [1.165, 1.54) is 0 Å². The fraction of sp³-hybridized carbons (Fsp3) is 0.545. The zero-order chi connectivity index (χ0) is 18.9. The maximum atomic E-state index is 12.8. The van der Waals surface area contributed by atoms with Gasteiger partial charge in [-0.3, -0.25) is 4.79 Å². The second kappa shape index (κ2) is 6.90. The van der Waals surface area contributed by atoms with E-state index < -0.39 is 5.60 Å². The Balaban J connectivity index is 2.06. The average molecular weight is 356 g/mol. The van der Waals surface area contributed by atoms with Gasteiger partial charge in [-0.2, -0.15) is 0 Å². The first-order chi connectivity index (χ1) is 12.2. The molecule has 1 heterocycles. The molecule has 0 N–H and O–H groups in total. The minimum absolute atomic E-state index is 0.177. The maximum Gasteiger partial charge on any atom is 0.343 e. The molecule has 0 bridgehead atoms. The van der Waals surface area contributed by atoms with Crippen molar-refractivity contribution in [1.82, 2.24) is 0 Å². The Bertz CT molecular complexity index is 746. The molecule has 26 heavy (non-hydrogen) atoms. The van der Waals surface area contributed by atoms with Crippen LogP contribution in [-0.2, 0) is 19.1 Å². The number of hydrogen-bond acceptors (Lipinski definition) is 4. The van der Waals surface area contributed by atoms with E-state index >= 15 is 0 Å². The Morgan fingerprint density at radius 1 is 1.15 bits per heavy atom. The van der Waals surface area contributed by atoms with Crippen LogP contribution in [0.1, 0.15) is 70.4 Å². The Kier molecular flexibility index (Phi) is 4.96. The largest absolute Gasteiger partial charge is 0.447 e. The molecule has 1 aliphatic heterocycles. The molecule has 0 saturated heterocycles. The van der Waals surface area contributed by atoms with Crippen LogP contribution in [0, 0.1) is 12.3 Å². The van der Waals surface area contributed by atoms with Crippen molar-refractivity contribution in [2.45, 2.75) is 71.8 Å². The van der Waals surface area contributed by atoms with Crippen LogP contribution in [-0.4, -0.2) is 17.5 Å². The van der Waals surface area contributed by atoms with E-state index in [1.807, 2.05) is 52.0 Å². The lowest BCUT2D eigenvalue weighted by atomic mass is 9.82. The van der Waals surface area contributed by atoms with Gasteiger partial charge in [-0.1, -0.05) is 51.5 Å². The lowest BCUT2D eigenvalue weighted by Crippen LogP contribution is -2.36. The summed E-state index contributed by atoms with van der Waals surface area (Å²) in [5.41, 5.74) is 1.23. The number of hydrogen-bond donors (Lipinski definition) is 0. The second-order valence-electron chi connectivity index (χ2n) is 8.68. The molecule has 0 amide bonds. The number of rotatable bonds is 3. The molecule has 0 atom stereocenters. The summed E-state index contributed by atoms with van der Waals surface area (Å²) in [6, 6.07) is 7.67. The third-order valence-electron chi connectivity index (χ3n) is 5.10. The molecule has 1 spiro atoms. The van der Waals surface area contributed by atoms with Crippen molar-refractivity contribution >= 4 is 17.5 Å². The Hall–Kier alpha value is -2.10. The van der Waals surface area contributed by atoms with Gasteiger partial charge in [0.1, 0.15) is 5.57 Å². The zero-order valence-electron chi connectivity index (χ0n) is 16.2. The minimum atomic E-state index is -0.777. The second-order valence-corrected chi connectivity index (χ2v) is 8.68. The van der Waals surface area contributed by atoms with Crippen molar-refractivity contribution in [1.29, 1.82) is 0 Å². The van der Waals surface area contributed by atoms with Gasteiger partial charge in [-0.05, 0) is 49.1 Å². The monoisotopic (exact) mass is 356 g/mol. The lowest BCUT2D eigenvalue weighted by Gasteiger charge is -2.33. The first-order valence-electron chi connectivity index (χ1n) is 9.47. The number of esters is 2. The van der Waals surface area contributed by atoms with E-state index in [-0.39, 0.29) is 17.4 Å². The SMILES string of the molecule is Cc1ccccc1C1=C(OC(=O)CC(C)(C)C)C2(CCCCC2)OC1=O. The molecule has 4 nitrogen and oxygen atoms in total. The quantitative estimate of drug-likeness (QED) is 0.720. The molecule has 1 saturated carbocycles. The van der Waals surface area contributed by atoms with E-state index in [0.717, 1.165) is 30.4 Å². The molecule has 4 heteroatoms. The molecule has 1 fully saturated rings. The van der Waals surface area contributed by atoms with Crippen molar-refractivity contribution in [2.75, 3.05) is 0 Å². The predicted octanol–water partition coefficient (Wildman–Crippen LogP) is 4.95. The summed E-state index contributed by atoms with van der Waals surface area (Å²) >= 11 is 0. The van der Waals surface area contributed by atoms with Gasteiger partial charge in [0.25, 0.3) is 0 Å². The van der Waals surface area contributed by atoms with E-state index in [9.17, 15) is 9.59 Å². The van der Waals surface area contributed by atoms with Gasteiger partial charge < -0.3 is 9.47 Å². The number of aryl methyl sites for hydroxylation is 1. The highest BCUT2D eigenvalue weighted by Gasteiger charge is 2.51. The summed E-state index contributed by atoms with van der Waals surface area (Å²) < 4.78 is 11.7. The Labute approximate surface area is 155 Å². The van der Waals surface area contributed by atoms with Crippen LogP contribution < -0.4 is 0 Å². The van der Waals surface area contributed by atoms with Crippen LogP contribution in [0.5, 0.6) is 0 Å². The first kappa shape index (κ1) is 18.7. The molecule has 1 aromatic carbocycles. The Morgan fingerprint density at radius 3 is 2.42 bits per heavy atom. The topological polar surface area (TPSA) is 52.6 Å². The number of ether oxygens (including phenoxy) is 2. The van der Waals surface area contributed by atoms with Gasteiger partial charge in [-0.25, -0.2) is 4.79 Å². The van der Waals surface area contributed by atoms with Crippen molar-refractivity contribution < 1.29 is 19.1 Å². The van der Waals surface area contributed by atoms with Gasteiger partial charge >= 0.3 is 11.9 Å². The van der Waals surface area contributed by atoms with E-state index in [1.54, 1.807) is 0 Å². The van der Waals surface area contributed by atoms with E-state index in [4.69, 9.17) is 9.47 Å². The number of carbonyl (C=O) groups is 2. The molecule has 1 aromatic rings. The lowest BCUT2D eigenvalue weighted by molar-refractivity contribution is -0.156. The van der Waals surface area contributed by atoms with Crippen LogP contribution in [0.3, 0.4) is 0 Å². The van der Waals surface area contributed by atoms with Gasteiger partial charge in [0.05, 0.1) is 6.42 Å². The molecule has 140 valence electrons. The summed E-state index contributed by atoms with van der Waals surface area (Å²) in [5, 5.41) is 0. The summed E-state index contributed by atoms with van der Waals surface area (Å²) in [5.74, 6) is -0.243. The Morgan fingerprint density at radius 2 is 1.81 bits per heavy atom. The normalized spacial score (nSPS) is 19.6. The highest BCUT2D eigenvalue weighted by molar-refractivity contribution is 6.20. The molecular formula is C22H28O4. The van der Waals surface area contributed by atoms with Crippen molar-refractivity contribution in [3.63, 3.8) is 0 Å². The summed E-state index contributed by atoms with van der Waals surface area (Å²) in [7, 11) is 0. The minimum Gasteiger partial charge on any atom is -0.447 e. The van der Waals surface area contributed by atoms with Crippen molar-refractivity contribution in [3.8, 4) is 0 Å². The molecular weight excluding hydrogens is 328 g/mol. The van der Waals surface area contributed by atoms with Crippen molar-refractivity contribution in [2.24, 2.45) is 5.41 Å². The summed E-state index contributed by atoms with van der Waals surface area (Å²) in [6.45, 7) is 7.95. The van der Waals surface area contributed by atoms with Gasteiger partial charge in [0.2, 0.25) is 0 Å². The third kappa shape index (κ3) is 3.69. The van der Waals surface area contributed by atoms with Gasteiger partial charge in [0, 0.05) is 0 Å². The highest BCUT2D eigenvalue weighted by Crippen LogP contribution is 2.47. The summed E-state index contributed by atoms with van der Waals surface area (Å²) in [6.07, 6.45) is 4.77. The first-order valence-corrected chi connectivity index (χ1v) is 9.47. The molecule has 0 unspecified atom stereocenters. The molecule has 0 radical (unpaired) electrons. The number of carbonyl (C=O) groups excluding carboxylic acids is 2. The van der Waals surface area contributed by atoms with Gasteiger partial charge in [-0.15, -0.1) is 0 Å². The molecule has 1 aliphatic carbocycles. The number of benzene rings is 1. The van der Waals surface area contributed by atoms with Crippen LogP contribution in [0.25, 0.3) is 5.57 Å². The predicted molar refractivity (Wildman–Crippen MR) is 100 cm³/mol. The smallest absolute Gasteiger partial charge is 0.343 e. The van der Waals surface area contributed by atoms with Crippen molar-refractivity contribution in [3.05, 3.63) is 41.2 Å². The standard InChI is InChI=1S/C22H28O4/c1-15-10-6-7-11-16(15)18-19(25-17(23)14-21(2,3)4)22(26-20(18)24)12-8-5-9-13-22/h6-7,10-11H,5,8-9,12-14H2,1-4H3. The molecule has 0 aromatic heterocycles. The molecule has 3 rings (SSSR count). The fourth-order valence-corrected chi connectivity index (χ4v) is 3.86. The summed E-state index contributed by atoms with van der Waals surface area (Å²) in [4.78, 5) is 25.4. The van der Waals surface area contributed by atoms with Crippen LogP contribution in [0.15, 0.2) is 30.0 Å². The van der Waals surface area contributed by atoms with E-state index in [2.05, 4.69) is 0 Å². The van der Waals surface area contributed by atoms with E-state index in [0.29, 0.717) is 30.6 Å². The zero-order valence-corrected chi connectivity index (χ0v) is 16.2. The van der Waals surface area contributed by atoms with Crippen LogP contribution >= 0.6 is 0 Å². The maximum absolute atomic E-state index is 12.8. The van der Waals surface area contributed by atoms with Crippen LogP contribution in [0.4, 0.5) is 0 Å². The third-order valence-corrected chi connectivity index (χ3v) is 5.10. The van der Waals surface area contributed by atoms with Gasteiger partial charge in [0.15, 0.2) is 11.4 Å².